The van der Waals surface area contributed by atoms with E-state index in [4.69, 9.17) is 27.6 Å². The average molecular weight is 430 g/mol. The molecule has 4 nitrogen and oxygen atoms in total. The Morgan fingerprint density at radius 1 is 1.14 bits per heavy atom. The molecule has 0 bridgehead atoms. The van der Waals surface area contributed by atoms with Gasteiger partial charge in [0.2, 0.25) is 5.89 Å². The molecule has 0 radical (unpaired) electrons. The van der Waals surface area contributed by atoms with Crippen LogP contribution in [0.5, 0.6) is 0 Å². The van der Waals surface area contributed by atoms with E-state index in [-0.39, 0.29) is 17.1 Å². The van der Waals surface area contributed by atoms with Crippen LogP contribution in [0.2, 0.25) is 10.0 Å². The van der Waals surface area contributed by atoms with Crippen LogP contribution in [0.4, 0.5) is 0 Å². The molecule has 0 aliphatic heterocycles. The smallest absolute Gasteiger partial charge is 0.227 e. The van der Waals surface area contributed by atoms with Gasteiger partial charge in [0.15, 0.2) is 11.4 Å². The second-order valence-corrected chi connectivity index (χ2v) is 9.88. The first kappa shape index (κ1) is 19.1. The lowest BCUT2D eigenvalue weighted by Gasteiger charge is -2.45. The highest BCUT2D eigenvalue weighted by Gasteiger charge is 2.53. The maximum Gasteiger partial charge on any atom is 0.227 e. The molecular weight excluding hydrogens is 409 g/mol. The van der Waals surface area contributed by atoms with E-state index in [2.05, 4.69) is 4.98 Å². The first-order valence-electron chi connectivity index (χ1n) is 9.86. The second-order valence-electron chi connectivity index (χ2n) is 9.00. The molecule has 29 heavy (non-hydrogen) atoms. The van der Waals surface area contributed by atoms with Crippen LogP contribution in [0.15, 0.2) is 40.8 Å². The van der Waals surface area contributed by atoms with E-state index in [0.29, 0.717) is 38.2 Å². The summed E-state index contributed by atoms with van der Waals surface area (Å²) in [5.41, 5.74) is 2.17. The molecule has 1 unspecified atom stereocenters. The first-order chi connectivity index (χ1) is 13.7. The normalized spacial score (nSPS) is 28.8. The van der Waals surface area contributed by atoms with Gasteiger partial charge in [0.25, 0.3) is 0 Å². The van der Waals surface area contributed by atoms with Crippen molar-refractivity contribution in [3.05, 3.63) is 52.0 Å². The summed E-state index contributed by atoms with van der Waals surface area (Å²) in [4.78, 5) is 17.5. The molecule has 150 valence electrons. The van der Waals surface area contributed by atoms with Crippen LogP contribution in [-0.2, 0) is 0 Å². The van der Waals surface area contributed by atoms with Gasteiger partial charge in [-0.2, -0.15) is 0 Å². The summed E-state index contributed by atoms with van der Waals surface area (Å²) in [5, 5.41) is 11.3. The number of fused-ring (bicyclic) bond motifs is 1. The predicted molar refractivity (Wildman–Crippen MR) is 113 cm³/mol. The molecule has 1 aromatic heterocycles. The number of carbonyl (C=O) groups excluding carboxylic acids is 1. The highest BCUT2D eigenvalue weighted by atomic mass is 35.5. The summed E-state index contributed by atoms with van der Waals surface area (Å²) < 4.78 is 5.89. The minimum absolute atomic E-state index is 0.0236. The average Bonchev–Trinajstić information content (AvgIpc) is 3.19. The number of rotatable bonds is 3. The molecule has 0 saturated heterocycles. The Hall–Kier alpha value is -1.88. The van der Waals surface area contributed by atoms with E-state index in [1.54, 1.807) is 24.3 Å². The van der Waals surface area contributed by atoms with Gasteiger partial charge in [-0.15, -0.1) is 0 Å². The molecule has 2 aromatic carbocycles. The van der Waals surface area contributed by atoms with Gasteiger partial charge in [-0.1, -0.05) is 23.2 Å². The Kier molecular flexibility index (Phi) is 4.32. The van der Waals surface area contributed by atoms with Gasteiger partial charge in [0.1, 0.15) is 5.52 Å². The third-order valence-electron chi connectivity index (χ3n) is 6.46. The fraction of sp³-hybridized carbons (Fsp3) is 0.391. The zero-order chi connectivity index (χ0) is 20.4. The van der Waals surface area contributed by atoms with Crippen molar-refractivity contribution >= 4 is 40.1 Å². The van der Waals surface area contributed by atoms with Gasteiger partial charge in [-0.05, 0) is 80.8 Å². The van der Waals surface area contributed by atoms with Crippen LogP contribution >= 0.6 is 23.2 Å². The number of Topliss-reactive ketones (excluding diaryl/α,β-unsaturated/α-hetero) is 1. The molecule has 1 N–H and O–H groups in total. The summed E-state index contributed by atoms with van der Waals surface area (Å²) in [6.45, 7) is 1.90. The van der Waals surface area contributed by atoms with Crippen molar-refractivity contribution in [2.24, 2.45) is 11.3 Å². The maximum absolute atomic E-state index is 13.0. The van der Waals surface area contributed by atoms with Crippen LogP contribution in [-0.4, -0.2) is 21.5 Å². The van der Waals surface area contributed by atoms with E-state index in [9.17, 15) is 9.90 Å². The third-order valence-corrected chi connectivity index (χ3v) is 6.90. The first-order valence-corrected chi connectivity index (χ1v) is 10.6. The number of hydrogen-bond acceptors (Lipinski definition) is 4. The van der Waals surface area contributed by atoms with Crippen molar-refractivity contribution in [1.29, 1.82) is 0 Å². The van der Waals surface area contributed by atoms with Gasteiger partial charge < -0.3 is 9.52 Å². The van der Waals surface area contributed by atoms with Gasteiger partial charge in [0, 0.05) is 27.1 Å². The van der Waals surface area contributed by atoms with E-state index in [1.807, 2.05) is 19.1 Å². The summed E-state index contributed by atoms with van der Waals surface area (Å²) in [6.07, 6.45) is 4.37. The van der Waals surface area contributed by atoms with Gasteiger partial charge >= 0.3 is 0 Å². The number of benzene rings is 2. The number of nitrogens with zero attached hydrogens (tertiary/aromatic N) is 1. The van der Waals surface area contributed by atoms with Crippen molar-refractivity contribution in [2.45, 2.75) is 44.6 Å². The minimum Gasteiger partial charge on any atom is -0.436 e. The molecule has 3 aromatic rings. The molecule has 1 heterocycles. The highest BCUT2D eigenvalue weighted by Crippen LogP contribution is 2.59. The van der Waals surface area contributed by atoms with E-state index < -0.39 is 5.60 Å². The van der Waals surface area contributed by atoms with Crippen molar-refractivity contribution in [3.63, 3.8) is 0 Å². The molecule has 5 rings (SSSR count). The number of aromatic nitrogens is 1. The zero-order valence-corrected chi connectivity index (χ0v) is 17.6. The monoisotopic (exact) mass is 429 g/mol. The third kappa shape index (κ3) is 3.48. The summed E-state index contributed by atoms with van der Waals surface area (Å²) >= 11 is 12.2. The van der Waals surface area contributed by atoms with Gasteiger partial charge in [-0.3, -0.25) is 4.79 Å². The highest BCUT2D eigenvalue weighted by molar-refractivity contribution is 6.35. The minimum atomic E-state index is -0.577. The predicted octanol–water partition coefficient (Wildman–Crippen LogP) is 6.32. The number of hydrogen-bond donors (Lipinski definition) is 1. The lowest BCUT2D eigenvalue weighted by Crippen LogP contribution is -2.40. The van der Waals surface area contributed by atoms with E-state index in [0.717, 1.165) is 32.1 Å². The van der Waals surface area contributed by atoms with Crippen LogP contribution < -0.4 is 0 Å². The Labute approximate surface area is 178 Å². The molecular formula is C23H21Cl2NO3. The van der Waals surface area contributed by atoms with E-state index >= 15 is 0 Å². The molecule has 2 aliphatic rings. The summed E-state index contributed by atoms with van der Waals surface area (Å²) in [6, 6.07) is 10.6. The molecule has 2 saturated carbocycles. The fourth-order valence-corrected chi connectivity index (χ4v) is 5.68. The Morgan fingerprint density at radius 2 is 1.86 bits per heavy atom. The van der Waals surface area contributed by atoms with Crippen molar-refractivity contribution < 1.29 is 14.3 Å². The molecule has 2 aliphatic carbocycles. The van der Waals surface area contributed by atoms with Gasteiger partial charge in [-0.25, -0.2) is 4.98 Å². The summed E-state index contributed by atoms with van der Waals surface area (Å²) in [7, 11) is 0. The van der Waals surface area contributed by atoms with E-state index in [1.165, 1.54) is 0 Å². The number of oxazole rings is 1. The van der Waals surface area contributed by atoms with Crippen molar-refractivity contribution in [1.82, 2.24) is 4.98 Å². The molecule has 1 atom stereocenters. The van der Waals surface area contributed by atoms with Crippen LogP contribution in [0.3, 0.4) is 0 Å². The van der Waals surface area contributed by atoms with Crippen LogP contribution in [0.25, 0.3) is 22.6 Å². The number of carbonyl (C=O) groups is 1. The SMILES string of the molecule is CC1(O)CCC2(CC(C(=O)c3ccc4nc(-c5cc(Cl)cc(Cl)c5)oc4c3)C2)C1. The van der Waals surface area contributed by atoms with Crippen molar-refractivity contribution in [3.8, 4) is 11.5 Å². The lowest BCUT2D eigenvalue weighted by atomic mass is 9.59. The Morgan fingerprint density at radius 3 is 2.52 bits per heavy atom. The maximum atomic E-state index is 13.0. The standard InChI is InChI=1S/C23H21Cl2NO3/c1-22(28)4-5-23(12-22)10-15(11-23)20(27)13-2-3-18-19(8-13)29-21(26-18)14-6-16(24)9-17(25)7-14/h2-3,6-9,15,28H,4-5,10-12H2,1H3. The summed E-state index contributed by atoms with van der Waals surface area (Å²) in [5.74, 6) is 0.591. The largest absolute Gasteiger partial charge is 0.436 e. The van der Waals surface area contributed by atoms with Crippen LogP contribution in [0, 0.1) is 11.3 Å². The van der Waals surface area contributed by atoms with Gasteiger partial charge in [0.05, 0.1) is 5.60 Å². The van der Waals surface area contributed by atoms with Crippen LogP contribution in [0.1, 0.15) is 49.4 Å². The topological polar surface area (TPSA) is 63.3 Å². The number of ketones is 1. The Balaban J connectivity index is 1.37. The quantitative estimate of drug-likeness (QED) is 0.494. The molecule has 2 fully saturated rings. The second kappa shape index (κ2) is 6.56. The molecule has 0 amide bonds. The molecule has 1 spiro atoms. The molecule has 6 heteroatoms. The fourth-order valence-electron chi connectivity index (χ4n) is 5.15. The Bertz CT molecular complexity index is 1110. The zero-order valence-electron chi connectivity index (χ0n) is 16.0. The lowest BCUT2D eigenvalue weighted by molar-refractivity contribution is 0.00993. The number of aliphatic hydroxyl groups is 1. The van der Waals surface area contributed by atoms with Crippen molar-refractivity contribution in [2.75, 3.05) is 0 Å². The number of halogens is 2.